The van der Waals surface area contributed by atoms with Crippen LogP contribution in [0.15, 0.2) is 0 Å². The maximum absolute atomic E-state index is 13.7. The van der Waals surface area contributed by atoms with E-state index in [2.05, 4.69) is 34.6 Å². The van der Waals surface area contributed by atoms with Crippen LogP contribution in [0.25, 0.3) is 0 Å². The second-order valence-corrected chi connectivity index (χ2v) is 13.6. The van der Waals surface area contributed by atoms with E-state index in [1.54, 1.807) is 0 Å². The van der Waals surface area contributed by atoms with Crippen LogP contribution in [-0.2, 0) is 14.3 Å². The van der Waals surface area contributed by atoms with E-state index in [4.69, 9.17) is 4.74 Å². The summed E-state index contributed by atoms with van der Waals surface area (Å²) in [6, 6.07) is 0. The number of esters is 1. The molecular formula is C29H46O4. The van der Waals surface area contributed by atoms with Crippen LogP contribution >= 0.6 is 0 Å². The maximum atomic E-state index is 13.7. The Morgan fingerprint density at radius 1 is 0.970 bits per heavy atom. The van der Waals surface area contributed by atoms with Crippen LogP contribution in [0.1, 0.15) is 105 Å². The molecule has 0 amide bonds. The first kappa shape index (κ1) is 23.8. The molecule has 10 unspecified atom stereocenters. The highest BCUT2D eigenvalue weighted by Gasteiger charge is 2.69. The van der Waals surface area contributed by atoms with Crippen molar-refractivity contribution >= 4 is 11.8 Å². The Labute approximate surface area is 200 Å². The Kier molecular flexibility index (Phi) is 5.82. The molecule has 4 saturated carbocycles. The van der Waals surface area contributed by atoms with Crippen LogP contribution in [0.5, 0.6) is 0 Å². The predicted molar refractivity (Wildman–Crippen MR) is 128 cm³/mol. The van der Waals surface area contributed by atoms with E-state index < -0.39 is 5.60 Å². The van der Waals surface area contributed by atoms with E-state index in [-0.39, 0.29) is 46.6 Å². The van der Waals surface area contributed by atoms with Crippen molar-refractivity contribution in [2.24, 2.45) is 52.3 Å². The summed E-state index contributed by atoms with van der Waals surface area (Å²) >= 11 is 0. The van der Waals surface area contributed by atoms with Crippen molar-refractivity contribution in [1.82, 2.24) is 0 Å². The first-order valence-corrected chi connectivity index (χ1v) is 14.0. The molecule has 186 valence electrons. The van der Waals surface area contributed by atoms with Crippen molar-refractivity contribution in [2.45, 2.75) is 117 Å². The smallest absolute Gasteiger partial charge is 0.306 e. The van der Waals surface area contributed by atoms with E-state index >= 15 is 0 Å². The molecule has 1 saturated heterocycles. The fraction of sp³-hybridized carbons (Fsp3) is 0.931. The van der Waals surface area contributed by atoms with Gasteiger partial charge in [-0.15, -0.1) is 0 Å². The minimum absolute atomic E-state index is 0.0383. The molecule has 10 atom stereocenters. The zero-order chi connectivity index (χ0) is 23.8. The van der Waals surface area contributed by atoms with Crippen molar-refractivity contribution in [3.05, 3.63) is 0 Å². The lowest BCUT2D eigenvalue weighted by Crippen LogP contribution is -2.65. The molecule has 0 aromatic heterocycles. The molecule has 0 radical (unpaired) electrons. The fourth-order valence-electron chi connectivity index (χ4n) is 9.79. The van der Waals surface area contributed by atoms with Gasteiger partial charge in [0.25, 0.3) is 0 Å². The van der Waals surface area contributed by atoms with E-state index in [1.165, 1.54) is 25.7 Å². The van der Waals surface area contributed by atoms with Gasteiger partial charge in [-0.3, -0.25) is 9.59 Å². The normalized spacial score (nSPS) is 50.9. The van der Waals surface area contributed by atoms with Crippen LogP contribution in [0.3, 0.4) is 0 Å². The number of fused-ring (bicyclic) bond motifs is 5. The number of carbonyl (C=O) groups is 2. The Morgan fingerprint density at radius 3 is 2.45 bits per heavy atom. The highest BCUT2D eigenvalue weighted by Crippen LogP contribution is 2.69. The Morgan fingerprint density at radius 2 is 1.73 bits per heavy atom. The molecule has 4 heteroatoms. The minimum atomic E-state index is -0.700. The first-order valence-electron chi connectivity index (χ1n) is 14.0. The average molecular weight is 459 g/mol. The van der Waals surface area contributed by atoms with E-state index in [1.807, 2.05) is 0 Å². The SMILES string of the molecule is CC(C)C1CC(=O)OC(C(C)C2CC(=O)C3C4CCC5CCCCC5(C)C4(O)CCC23C)C1. The van der Waals surface area contributed by atoms with Gasteiger partial charge in [0.05, 0.1) is 5.60 Å². The molecule has 0 spiro atoms. The standard InChI is InChI=1S/C29H46O4/c1-17(2)19-14-24(33-25(31)15-19)18(3)22-16-23(30)26-21-10-9-20-8-6-7-11-28(20,5)29(21,32)13-12-27(22,26)4/h17-22,24,26,32H,6-16H2,1-5H3. The van der Waals surface area contributed by atoms with Gasteiger partial charge < -0.3 is 9.84 Å². The van der Waals surface area contributed by atoms with E-state index in [0.29, 0.717) is 36.4 Å². The van der Waals surface area contributed by atoms with Gasteiger partial charge in [0.2, 0.25) is 0 Å². The van der Waals surface area contributed by atoms with Crippen LogP contribution in [-0.4, -0.2) is 28.6 Å². The number of hydrogen-bond acceptors (Lipinski definition) is 4. The monoisotopic (exact) mass is 458 g/mol. The third-order valence-corrected chi connectivity index (χ3v) is 12.0. The highest BCUT2D eigenvalue weighted by molar-refractivity contribution is 5.85. The largest absolute Gasteiger partial charge is 0.462 e. The van der Waals surface area contributed by atoms with Gasteiger partial charge in [-0.25, -0.2) is 0 Å². The molecule has 0 bridgehead atoms. The number of rotatable bonds is 3. The van der Waals surface area contributed by atoms with Crippen molar-refractivity contribution in [3.63, 3.8) is 0 Å². The summed E-state index contributed by atoms with van der Waals surface area (Å²) in [5, 5.41) is 12.3. The van der Waals surface area contributed by atoms with Crippen molar-refractivity contribution in [3.8, 4) is 0 Å². The van der Waals surface area contributed by atoms with Crippen LogP contribution in [0.2, 0.25) is 0 Å². The second kappa shape index (κ2) is 8.07. The molecule has 5 aliphatic rings. The summed E-state index contributed by atoms with van der Waals surface area (Å²) in [4.78, 5) is 26.1. The number of hydrogen-bond donors (Lipinski definition) is 1. The second-order valence-electron chi connectivity index (χ2n) is 13.6. The number of cyclic esters (lactones) is 1. The number of ether oxygens (including phenoxy) is 1. The lowest BCUT2D eigenvalue weighted by molar-refractivity contribution is -0.235. The van der Waals surface area contributed by atoms with Crippen LogP contribution in [0.4, 0.5) is 0 Å². The fourth-order valence-corrected chi connectivity index (χ4v) is 9.79. The first-order chi connectivity index (χ1) is 15.5. The molecule has 1 heterocycles. The summed E-state index contributed by atoms with van der Waals surface area (Å²) in [5.41, 5.74) is -0.834. The molecule has 1 N–H and O–H groups in total. The van der Waals surface area contributed by atoms with Gasteiger partial charge in [0, 0.05) is 18.8 Å². The molecule has 5 fully saturated rings. The number of ketones is 1. The summed E-state index contributed by atoms with van der Waals surface area (Å²) in [7, 11) is 0. The van der Waals surface area contributed by atoms with Gasteiger partial charge in [-0.05, 0) is 91.3 Å². The molecule has 0 aromatic carbocycles. The Bertz CT molecular complexity index is 805. The van der Waals surface area contributed by atoms with Gasteiger partial charge in [0.1, 0.15) is 11.9 Å². The van der Waals surface area contributed by atoms with Crippen LogP contribution < -0.4 is 0 Å². The molecule has 4 aliphatic carbocycles. The van der Waals surface area contributed by atoms with E-state index in [9.17, 15) is 14.7 Å². The topological polar surface area (TPSA) is 63.6 Å². The quantitative estimate of drug-likeness (QED) is 0.531. The lowest BCUT2D eigenvalue weighted by atomic mass is 9.42. The molecular weight excluding hydrogens is 412 g/mol. The molecule has 33 heavy (non-hydrogen) atoms. The molecule has 4 nitrogen and oxygen atoms in total. The van der Waals surface area contributed by atoms with E-state index in [0.717, 1.165) is 32.1 Å². The molecule has 5 rings (SSSR count). The summed E-state index contributed by atoms with van der Waals surface area (Å²) < 4.78 is 5.91. The Balaban J connectivity index is 1.42. The van der Waals surface area contributed by atoms with Crippen LogP contribution in [0, 0.1) is 52.3 Å². The molecule has 1 aliphatic heterocycles. The van der Waals surface area contributed by atoms with Gasteiger partial charge >= 0.3 is 5.97 Å². The van der Waals surface area contributed by atoms with Gasteiger partial charge in [-0.2, -0.15) is 0 Å². The summed E-state index contributed by atoms with van der Waals surface area (Å²) in [6.45, 7) is 11.3. The average Bonchev–Trinajstić information content (AvgIpc) is 3.04. The van der Waals surface area contributed by atoms with Gasteiger partial charge in [0.15, 0.2) is 0 Å². The third kappa shape index (κ3) is 3.39. The summed E-state index contributed by atoms with van der Waals surface area (Å²) in [6.07, 6.45) is 10.7. The zero-order valence-electron chi connectivity index (χ0n) is 21.6. The maximum Gasteiger partial charge on any atom is 0.306 e. The minimum Gasteiger partial charge on any atom is -0.462 e. The number of carbonyl (C=O) groups excluding carboxylic acids is 2. The molecule has 0 aromatic rings. The number of Topliss-reactive ketones (excluding diaryl/α,β-unsaturated/α-hetero) is 1. The number of aliphatic hydroxyl groups is 1. The lowest BCUT2D eigenvalue weighted by Gasteiger charge is -2.64. The van der Waals surface area contributed by atoms with Crippen molar-refractivity contribution in [2.75, 3.05) is 0 Å². The van der Waals surface area contributed by atoms with Crippen molar-refractivity contribution < 1.29 is 19.4 Å². The highest BCUT2D eigenvalue weighted by atomic mass is 16.5. The van der Waals surface area contributed by atoms with Gasteiger partial charge in [-0.1, -0.05) is 47.5 Å². The van der Waals surface area contributed by atoms with Crippen molar-refractivity contribution in [1.29, 1.82) is 0 Å². The Hall–Kier alpha value is -0.900. The predicted octanol–water partition coefficient (Wildman–Crippen LogP) is 5.94. The summed E-state index contributed by atoms with van der Waals surface area (Å²) in [5.74, 6) is 2.23. The zero-order valence-corrected chi connectivity index (χ0v) is 21.6. The third-order valence-electron chi connectivity index (χ3n) is 12.0.